The fourth-order valence-corrected chi connectivity index (χ4v) is 4.48. The molecule has 10 heteroatoms. The first kappa shape index (κ1) is 22.8. The summed E-state index contributed by atoms with van der Waals surface area (Å²) in [4.78, 5) is 11.7. The number of aromatic nitrogens is 3. The lowest BCUT2D eigenvalue weighted by Crippen LogP contribution is -2.29. The Morgan fingerprint density at radius 2 is 2.00 bits per heavy atom. The molecule has 0 amide bonds. The van der Waals surface area contributed by atoms with Crippen molar-refractivity contribution in [1.82, 2.24) is 20.3 Å². The van der Waals surface area contributed by atoms with Gasteiger partial charge in [0.1, 0.15) is 11.8 Å². The molecule has 0 spiro atoms. The third-order valence-electron chi connectivity index (χ3n) is 4.03. The number of fused-ring (bicyclic) bond motifs is 1. The molecule has 2 aromatic heterocycles. The van der Waals surface area contributed by atoms with E-state index in [1.807, 2.05) is 6.20 Å². The zero-order valence-electron chi connectivity index (χ0n) is 16.8. The van der Waals surface area contributed by atoms with Crippen LogP contribution in [0.5, 0.6) is 5.88 Å². The number of unbranched alkanes of at least 4 members (excludes halogenated alkanes) is 1. The lowest BCUT2D eigenvalue weighted by Gasteiger charge is -2.20. The van der Waals surface area contributed by atoms with Gasteiger partial charge in [-0.25, -0.2) is 4.98 Å². The first-order chi connectivity index (χ1) is 13.5. The molecule has 9 nitrogen and oxygen atoms in total. The minimum Gasteiger partial charge on any atom is -0.476 e. The van der Waals surface area contributed by atoms with Gasteiger partial charge in [0.15, 0.2) is 0 Å². The molecule has 2 aromatic rings. The average Bonchev–Trinajstić information content (AvgIpc) is 3.06. The van der Waals surface area contributed by atoms with Crippen molar-refractivity contribution in [2.24, 2.45) is 0 Å². The van der Waals surface area contributed by atoms with Crippen LogP contribution < -0.4 is 10.1 Å². The summed E-state index contributed by atoms with van der Waals surface area (Å²) in [6, 6.07) is 0. The second-order valence-electron chi connectivity index (χ2n) is 6.33. The molecule has 1 atom stereocenters. The number of hydrogen-bond donors (Lipinski definition) is 3. The molecule has 0 aliphatic rings. The van der Waals surface area contributed by atoms with Gasteiger partial charge in [0.2, 0.25) is 5.88 Å². The van der Waals surface area contributed by atoms with Crippen molar-refractivity contribution in [3.63, 3.8) is 0 Å². The summed E-state index contributed by atoms with van der Waals surface area (Å²) in [5, 5.41) is 13.4. The van der Waals surface area contributed by atoms with E-state index >= 15 is 0 Å². The van der Waals surface area contributed by atoms with Crippen LogP contribution in [0, 0.1) is 0 Å². The van der Waals surface area contributed by atoms with E-state index in [1.165, 1.54) is 6.33 Å². The van der Waals surface area contributed by atoms with Gasteiger partial charge in [0, 0.05) is 24.8 Å². The topological polar surface area (TPSA) is 119 Å². The van der Waals surface area contributed by atoms with Gasteiger partial charge in [-0.3, -0.25) is 4.57 Å². The van der Waals surface area contributed by atoms with Crippen molar-refractivity contribution >= 4 is 18.6 Å². The second-order valence-corrected chi connectivity index (χ2v) is 8.44. The van der Waals surface area contributed by atoms with Gasteiger partial charge in [0.25, 0.3) is 0 Å². The van der Waals surface area contributed by atoms with Crippen LogP contribution in [0.1, 0.15) is 39.2 Å². The van der Waals surface area contributed by atoms with Gasteiger partial charge in [-0.1, -0.05) is 13.3 Å². The molecule has 0 aliphatic carbocycles. The van der Waals surface area contributed by atoms with Crippen molar-refractivity contribution in [3.8, 4) is 5.88 Å². The lowest BCUT2D eigenvalue weighted by molar-refractivity contribution is 0.166. The van der Waals surface area contributed by atoms with Crippen LogP contribution in [-0.2, 0) is 20.2 Å². The third-order valence-corrected chi connectivity index (χ3v) is 6.20. The van der Waals surface area contributed by atoms with Gasteiger partial charge < -0.3 is 29.2 Å². The van der Waals surface area contributed by atoms with E-state index in [0.717, 1.165) is 29.4 Å². The number of H-pyrrole nitrogens is 1. The molecule has 28 heavy (non-hydrogen) atoms. The summed E-state index contributed by atoms with van der Waals surface area (Å²) in [7, 11) is -3.27. The molecule has 1 unspecified atom stereocenters. The number of aromatic amines is 1. The Labute approximate surface area is 165 Å². The Morgan fingerprint density at radius 1 is 1.25 bits per heavy atom. The molecule has 2 heterocycles. The van der Waals surface area contributed by atoms with Crippen molar-refractivity contribution in [2.45, 2.75) is 46.3 Å². The first-order valence-electron chi connectivity index (χ1n) is 9.73. The maximum Gasteiger partial charge on any atom is 0.333 e. The van der Waals surface area contributed by atoms with Crippen LogP contribution in [0.3, 0.4) is 0 Å². The summed E-state index contributed by atoms with van der Waals surface area (Å²) in [6.07, 6.45) is 4.44. The third kappa shape index (κ3) is 6.53. The summed E-state index contributed by atoms with van der Waals surface area (Å²) < 4.78 is 28.6. The molecular formula is C18H31N4O5P. The van der Waals surface area contributed by atoms with E-state index in [0.29, 0.717) is 19.0 Å². The SMILES string of the molecule is CCCCOc1ncnc2c(CNCC(O)CP(=O)(OCC)OCC)c[nH]c12. The Kier molecular flexibility index (Phi) is 9.34. The van der Waals surface area contributed by atoms with Gasteiger partial charge in [0.05, 0.1) is 37.6 Å². The smallest absolute Gasteiger partial charge is 0.333 e. The average molecular weight is 414 g/mol. The van der Waals surface area contributed by atoms with E-state index in [2.05, 4.69) is 27.2 Å². The second kappa shape index (κ2) is 11.5. The minimum atomic E-state index is -3.27. The molecule has 0 fully saturated rings. The first-order valence-corrected chi connectivity index (χ1v) is 11.5. The van der Waals surface area contributed by atoms with Crippen molar-refractivity contribution in [3.05, 3.63) is 18.1 Å². The molecule has 158 valence electrons. The highest BCUT2D eigenvalue weighted by Gasteiger charge is 2.27. The fourth-order valence-electron chi connectivity index (χ4n) is 2.76. The van der Waals surface area contributed by atoms with E-state index in [9.17, 15) is 9.67 Å². The van der Waals surface area contributed by atoms with Gasteiger partial charge in [-0.05, 0) is 20.3 Å². The zero-order chi connectivity index (χ0) is 20.4. The zero-order valence-corrected chi connectivity index (χ0v) is 17.7. The number of aliphatic hydroxyl groups is 1. The fraction of sp³-hybridized carbons (Fsp3) is 0.667. The minimum absolute atomic E-state index is 0.0485. The summed E-state index contributed by atoms with van der Waals surface area (Å²) in [6.45, 7) is 7.49. The van der Waals surface area contributed by atoms with Crippen molar-refractivity contribution in [1.29, 1.82) is 0 Å². The van der Waals surface area contributed by atoms with E-state index in [-0.39, 0.29) is 25.9 Å². The summed E-state index contributed by atoms with van der Waals surface area (Å²) in [5.74, 6) is 0.541. The predicted octanol–water partition coefficient (Wildman–Crippen LogP) is 2.85. The van der Waals surface area contributed by atoms with Crippen LogP contribution >= 0.6 is 7.60 Å². The molecule has 0 bridgehead atoms. The number of aliphatic hydroxyl groups excluding tert-OH is 1. The van der Waals surface area contributed by atoms with Crippen LogP contribution in [0.2, 0.25) is 0 Å². The Balaban J connectivity index is 1.91. The maximum absolute atomic E-state index is 12.5. The highest BCUT2D eigenvalue weighted by atomic mass is 31.2. The number of rotatable bonds is 14. The van der Waals surface area contributed by atoms with E-state index < -0.39 is 13.7 Å². The molecule has 0 saturated carbocycles. The van der Waals surface area contributed by atoms with Crippen molar-refractivity contribution in [2.75, 3.05) is 32.5 Å². The quantitative estimate of drug-likeness (QED) is 0.319. The van der Waals surface area contributed by atoms with Gasteiger partial charge >= 0.3 is 7.60 Å². The van der Waals surface area contributed by atoms with Gasteiger partial charge in [-0.2, -0.15) is 4.98 Å². The molecule has 0 radical (unpaired) electrons. The lowest BCUT2D eigenvalue weighted by atomic mass is 10.2. The number of nitrogens with zero attached hydrogens (tertiary/aromatic N) is 2. The molecule has 0 saturated heterocycles. The van der Waals surface area contributed by atoms with Crippen molar-refractivity contribution < 1.29 is 23.5 Å². The molecule has 3 N–H and O–H groups in total. The molecular weight excluding hydrogens is 383 g/mol. The van der Waals surface area contributed by atoms with Gasteiger partial charge in [-0.15, -0.1) is 0 Å². The highest BCUT2D eigenvalue weighted by Crippen LogP contribution is 2.48. The van der Waals surface area contributed by atoms with Crippen LogP contribution in [0.4, 0.5) is 0 Å². The van der Waals surface area contributed by atoms with Crippen LogP contribution in [0.15, 0.2) is 12.5 Å². The Morgan fingerprint density at radius 3 is 2.68 bits per heavy atom. The highest BCUT2D eigenvalue weighted by molar-refractivity contribution is 7.53. The Hall–Kier alpha value is -1.51. The van der Waals surface area contributed by atoms with Crippen LogP contribution in [-0.4, -0.2) is 58.7 Å². The number of ether oxygens (including phenoxy) is 1. The van der Waals surface area contributed by atoms with E-state index in [1.54, 1.807) is 13.8 Å². The molecule has 2 rings (SSSR count). The number of nitrogens with one attached hydrogen (secondary N) is 2. The monoisotopic (exact) mass is 414 g/mol. The number of hydrogen-bond acceptors (Lipinski definition) is 8. The van der Waals surface area contributed by atoms with E-state index in [4.69, 9.17) is 13.8 Å². The van der Waals surface area contributed by atoms with Crippen LogP contribution in [0.25, 0.3) is 11.0 Å². The predicted molar refractivity (Wildman–Crippen MR) is 108 cm³/mol. The standard InChI is InChI=1S/C18H31N4O5P/c1-4-7-8-25-18-17-16(21-13-22-18)14(10-20-17)9-19-11-15(23)12-28(24,26-5-2)27-6-3/h10,13,15,19-20,23H,4-9,11-12H2,1-3H3. The molecule has 0 aliphatic heterocycles. The summed E-state index contributed by atoms with van der Waals surface area (Å²) >= 11 is 0. The molecule has 0 aromatic carbocycles. The maximum atomic E-state index is 12.5. The largest absolute Gasteiger partial charge is 0.476 e. The Bertz CT molecular complexity index is 760. The summed E-state index contributed by atoms with van der Waals surface area (Å²) in [5.41, 5.74) is 2.47. The normalized spacial score (nSPS) is 13.1.